The van der Waals surface area contributed by atoms with Crippen molar-refractivity contribution in [1.29, 1.82) is 0 Å². The van der Waals surface area contributed by atoms with E-state index in [1.807, 2.05) is 0 Å². The number of carbonyl (C=O) groups is 2. The molecule has 1 aliphatic rings. The monoisotopic (exact) mass is 227 g/mol. The van der Waals surface area contributed by atoms with Gasteiger partial charge < -0.3 is 10.4 Å². The topological polar surface area (TPSA) is 66.4 Å². The van der Waals surface area contributed by atoms with Gasteiger partial charge in [0.25, 0.3) is 0 Å². The highest BCUT2D eigenvalue weighted by atomic mass is 16.4. The van der Waals surface area contributed by atoms with E-state index in [-0.39, 0.29) is 11.9 Å². The molecule has 0 aliphatic heterocycles. The van der Waals surface area contributed by atoms with Crippen LogP contribution in [0.3, 0.4) is 0 Å². The van der Waals surface area contributed by atoms with Crippen LogP contribution in [0.2, 0.25) is 0 Å². The van der Waals surface area contributed by atoms with Gasteiger partial charge in [0.05, 0.1) is 0 Å². The molecule has 4 heteroatoms. The maximum Gasteiger partial charge on any atom is 0.318 e. The molecule has 0 atom stereocenters. The number of carbonyl (C=O) groups excluding carboxylic acids is 1. The van der Waals surface area contributed by atoms with Gasteiger partial charge in [-0.25, -0.2) is 0 Å². The Morgan fingerprint density at radius 3 is 2.12 bits per heavy atom. The van der Waals surface area contributed by atoms with Gasteiger partial charge in [0.2, 0.25) is 5.91 Å². The summed E-state index contributed by atoms with van der Waals surface area (Å²) in [6.45, 7) is 5.09. The molecule has 0 bridgehead atoms. The third-order valence-electron chi connectivity index (χ3n) is 3.45. The average Bonchev–Trinajstić information content (AvgIpc) is 2.21. The zero-order valence-electron chi connectivity index (χ0n) is 10.2. The minimum Gasteiger partial charge on any atom is -0.480 e. The molecule has 1 saturated carbocycles. The normalized spacial score (nSPS) is 26.2. The SMILES string of the molecule is CC1CCC(NC(=O)C(C)(C)C(=O)O)CC1. The van der Waals surface area contributed by atoms with E-state index >= 15 is 0 Å². The molecule has 0 saturated heterocycles. The van der Waals surface area contributed by atoms with Gasteiger partial charge in [0.15, 0.2) is 0 Å². The minimum atomic E-state index is -1.33. The molecule has 0 unspecified atom stereocenters. The lowest BCUT2D eigenvalue weighted by Gasteiger charge is -2.29. The maximum atomic E-state index is 11.8. The van der Waals surface area contributed by atoms with Crippen LogP contribution >= 0.6 is 0 Å². The molecule has 16 heavy (non-hydrogen) atoms. The third kappa shape index (κ3) is 2.97. The van der Waals surface area contributed by atoms with Gasteiger partial charge in [-0.05, 0) is 45.4 Å². The second-order valence-corrected chi connectivity index (χ2v) is 5.36. The predicted octanol–water partition coefficient (Wildman–Crippen LogP) is 1.79. The number of carboxylic acids is 1. The minimum absolute atomic E-state index is 0.155. The van der Waals surface area contributed by atoms with Crippen LogP contribution in [0.25, 0.3) is 0 Å². The number of carboxylic acid groups (broad SMARTS) is 1. The van der Waals surface area contributed by atoms with Crippen molar-refractivity contribution in [1.82, 2.24) is 5.32 Å². The van der Waals surface area contributed by atoms with E-state index in [2.05, 4.69) is 12.2 Å². The maximum absolute atomic E-state index is 11.8. The zero-order chi connectivity index (χ0) is 12.3. The Labute approximate surface area is 96.4 Å². The first-order chi connectivity index (χ1) is 7.34. The van der Waals surface area contributed by atoms with Crippen LogP contribution < -0.4 is 5.32 Å². The first kappa shape index (κ1) is 13.0. The smallest absolute Gasteiger partial charge is 0.318 e. The number of rotatable bonds is 3. The number of hydrogen-bond donors (Lipinski definition) is 2. The number of aliphatic carboxylic acids is 1. The Hall–Kier alpha value is -1.06. The van der Waals surface area contributed by atoms with Gasteiger partial charge in [-0.15, -0.1) is 0 Å². The van der Waals surface area contributed by atoms with Crippen LogP contribution in [0, 0.1) is 11.3 Å². The van der Waals surface area contributed by atoms with Crippen LogP contribution in [0.5, 0.6) is 0 Å². The Morgan fingerprint density at radius 1 is 1.19 bits per heavy atom. The summed E-state index contributed by atoms with van der Waals surface area (Å²) in [5, 5.41) is 11.8. The molecule has 92 valence electrons. The second kappa shape index (κ2) is 4.85. The third-order valence-corrected chi connectivity index (χ3v) is 3.45. The van der Waals surface area contributed by atoms with E-state index in [1.54, 1.807) is 0 Å². The fourth-order valence-corrected chi connectivity index (χ4v) is 1.87. The Balaban J connectivity index is 2.49. The summed E-state index contributed by atoms with van der Waals surface area (Å²) >= 11 is 0. The Kier molecular flexibility index (Phi) is 3.94. The summed E-state index contributed by atoms with van der Waals surface area (Å²) in [7, 11) is 0. The quantitative estimate of drug-likeness (QED) is 0.722. The van der Waals surface area contributed by atoms with Crippen LogP contribution in [-0.2, 0) is 9.59 Å². The number of hydrogen-bond acceptors (Lipinski definition) is 2. The summed E-state index contributed by atoms with van der Waals surface area (Å²) in [6.07, 6.45) is 4.14. The van der Waals surface area contributed by atoms with Crippen molar-refractivity contribution in [2.75, 3.05) is 0 Å². The van der Waals surface area contributed by atoms with E-state index in [0.717, 1.165) is 31.6 Å². The van der Waals surface area contributed by atoms with E-state index in [1.165, 1.54) is 13.8 Å². The molecule has 0 spiro atoms. The van der Waals surface area contributed by atoms with Gasteiger partial charge in [-0.3, -0.25) is 9.59 Å². The van der Waals surface area contributed by atoms with Crippen LogP contribution in [0.4, 0.5) is 0 Å². The molecule has 1 aliphatic carbocycles. The highest BCUT2D eigenvalue weighted by molar-refractivity contribution is 6.01. The standard InChI is InChI=1S/C12H21NO3/c1-8-4-6-9(7-5-8)13-10(14)12(2,3)11(15)16/h8-9H,4-7H2,1-3H3,(H,13,14)(H,15,16). The molecule has 0 aromatic heterocycles. The summed E-state index contributed by atoms with van der Waals surface area (Å²) < 4.78 is 0. The average molecular weight is 227 g/mol. The van der Waals surface area contributed by atoms with Crippen LogP contribution in [0.1, 0.15) is 46.5 Å². The fraction of sp³-hybridized carbons (Fsp3) is 0.833. The van der Waals surface area contributed by atoms with Crippen molar-refractivity contribution >= 4 is 11.9 Å². The van der Waals surface area contributed by atoms with Crippen molar-refractivity contribution in [3.63, 3.8) is 0 Å². The van der Waals surface area contributed by atoms with E-state index < -0.39 is 11.4 Å². The first-order valence-corrected chi connectivity index (χ1v) is 5.88. The number of amides is 1. The molecule has 0 radical (unpaired) electrons. The largest absolute Gasteiger partial charge is 0.480 e. The fourth-order valence-electron chi connectivity index (χ4n) is 1.87. The van der Waals surface area contributed by atoms with Crippen LogP contribution in [0.15, 0.2) is 0 Å². The van der Waals surface area contributed by atoms with Gasteiger partial charge >= 0.3 is 5.97 Å². The van der Waals surface area contributed by atoms with E-state index in [4.69, 9.17) is 5.11 Å². The van der Waals surface area contributed by atoms with Crippen molar-refractivity contribution < 1.29 is 14.7 Å². The number of nitrogens with one attached hydrogen (secondary N) is 1. The summed E-state index contributed by atoms with van der Waals surface area (Å²) in [5.41, 5.74) is -1.33. The molecule has 0 heterocycles. The first-order valence-electron chi connectivity index (χ1n) is 5.88. The molecule has 1 fully saturated rings. The molecule has 0 aromatic carbocycles. The summed E-state index contributed by atoms with van der Waals surface area (Å²) in [4.78, 5) is 22.7. The van der Waals surface area contributed by atoms with Crippen molar-refractivity contribution in [3.8, 4) is 0 Å². The van der Waals surface area contributed by atoms with Gasteiger partial charge in [0, 0.05) is 6.04 Å². The van der Waals surface area contributed by atoms with Gasteiger partial charge in [-0.2, -0.15) is 0 Å². The molecule has 4 nitrogen and oxygen atoms in total. The molecular weight excluding hydrogens is 206 g/mol. The summed E-state index contributed by atoms with van der Waals surface area (Å²) in [5.74, 6) is -0.727. The van der Waals surface area contributed by atoms with Gasteiger partial charge in [0.1, 0.15) is 5.41 Å². The zero-order valence-corrected chi connectivity index (χ0v) is 10.2. The van der Waals surface area contributed by atoms with E-state index in [9.17, 15) is 9.59 Å². The molecule has 2 N–H and O–H groups in total. The lowest BCUT2D eigenvalue weighted by molar-refractivity contribution is -0.153. The molecule has 0 aromatic rings. The Morgan fingerprint density at radius 2 is 1.69 bits per heavy atom. The highest BCUT2D eigenvalue weighted by Gasteiger charge is 2.37. The van der Waals surface area contributed by atoms with Crippen molar-refractivity contribution in [3.05, 3.63) is 0 Å². The second-order valence-electron chi connectivity index (χ2n) is 5.36. The molecule has 1 amide bonds. The molecule has 1 rings (SSSR count). The van der Waals surface area contributed by atoms with Crippen LogP contribution in [-0.4, -0.2) is 23.0 Å². The summed E-state index contributed by atoms with van der Waals surface area (Å²) in [6, 6.07) is 0.155. The van der Waals surface area contributed by atoms with Crippen molar-refractivity contribution in [2.24, 2.45) is 11.3 Å². The van der Waals surface area contributed by atoms with Gasteiger partial charge in [-0.1, -0.05) is 6.92 Å². The Bertz CT molecular complexity index is 278. The lowest BCUT2D eigenvalue weighted by atomic mass is 9.86. The van der Waals surface area contributed by atoms with Crippen molar-refractivity contribution in [2.45, 2.75) is 52.5 Å². The predicted molar refractivity (Wildman–Crippen MR) is 61.0 cm³/mol. The highest BCUT2D eigenvalue weighted by Crippen LogP contribution is 2.24. The van der Waals surface area contributed by atoms with E-state index in [0.29, 0.717) is 0 Å². The molecular formula is C12H21NO3. The lowest BCUT2D eigenvalue weighted by Crippen LogP contribution is -2.47.